The average molecular weight is 213 g/mol. The van der Waals surface area contributed by atoms with Crippen molar-refractivity contribution in [1.29, 1.82) is 0 Å². The first-order valence-electron chi connectivity index (χ1n) is 6.26. The van der Waals surface area contributed by atoms with Crippen LogP contribution in [0, 0.1) is 0 Å². The fraction of sp³-hybridized carbons (Fsp3) is 1.00. The first-order valence-corrected chi connectivity index (χ1v) is 6.26. The summed E-state index contributed by atoms with van der Waals surface area (Å²) in [6.45, 7) is 7.16. The van der Waals surface area contributed by atoms with E-state index in [0.717, 1.165) is 45.5 Å². The van der Waals surface area contributed by atoms with Crippen molar-refractivity contribution < 1.29 is 9.47 Å². The topological polar surface area (TPSA) is 30.5 Å². The van der Waals surface area contributed by atoms with Gasteiger partial charge >= 0.3 is 0 Å². The average Bonchev–Trinajstić information content (AvgIpc) is 2.24. The summed E-state index contributed by atoms with van der Waals surface area (Å²) in [5.41, 5.74) is 0.139. The Bertz CT molecular complexity index is 200. The van der Waals surface area contributed by atoms with Crippen LogP contribution in [0.2, 0.25) is 0 Å². The Balaban J connectivity index is 1.85. The quantitative estimate of drug-likeness (QED) is 0.771. The van der Waals surface area contributed by atoms with Gasteiger partial charge in [-0.2, -0.15) is 0 Å². The zero-order chi connectivity index (χ0) is 10.7. The van der Waals surface area contributed by atoms with Crippen LogP contribution in [-0.4, -0.2) is 37.5 Å². The van der Waals surface area contributed by atoms with Crippen LogP contribution in [0.4, 0.5) is 0 Å². The van der Waals surface area contributed by atoms with Crippen LogP contribution in [0.15, 0.2) is 0 Å². The Kier molecular flexibility index (Phi) is 3.65. The molecule has 3 heteroatoms. The van der Waals surface area contributed by atoms with Crippen molar-refractivity contribution in [2.45, 2.75) is 57.2 Å². The summed E-state index contributed by atoms with van der Waals surface area (Å²) in [7, 11) is 0. The van der Waals surface area contributed by atoms with Gasteiger partial charge in [-0.3, -0.25) is 0 Å². The van der Waals surface area contributed by atoms with Crippen molar-refractivity contribution in [2.24, 2.45) is 0 Å². The number of ether oxygens (including phenoxy) is 2. The zero-order valence-corrected chi connectivity index (χ0v) is 9.92. The molecule has 0 amide bonds. The maximum absolute atomic E-state index is 5.96. The van der Waals surface area contributed by atoms with Gasteiger partial charge in [0.15, 0.2) is 0 Å². The SMILES string of the molecule is CCC1(CC)CC(NC2COC2)CCO1. The number of hydrogen-bond acceptors (Lipinski definition) is 3. The van der Waals surface area contributed by atoms with Gasteiger partial charge in [-0.1, -0.05) is 13.8 Å². The fourth-order valence-corrected chi connectivity index (χ4v) is 2.58. The van der Waals surface area contributed by atoms with Crippen LogP contribution in [-0.2, 0) is 9.47 Å². The highest BCUT2D eigenvalue weighted by molar-refractivity contribution is 4.90. The predicted octanol–water partition coefficient (Wildman–Crippen LogP) is 1.71. The minimum atomic E-state index is 0.139. The molecular formula is C12H23NO2. The van der Waals surface area contributed by atoms with E-state index >= 15 is 0 Å². The molecule has 15 heavy (non-hydrogen) atoms. The van der Waals surface area contributed by atoms with E-state index in [-0.39, 0.29) is 5.60 Å². The summed E-state index contributed by atoms with van der Waals surface area (Å²) in [4.78, 5) is 0. The molecule has 1 unspecified atom stereocenters. The van der Waals surface area contributed by atoms with E-state index < -0.39 is 0 Å². The summed E-state index contributed by atoms with van der Waals surface area (Å²) in [5.74, 6) is 0. The molecule has 0 spiro atoms. The van der Waals surface area contributed by atoms with Crippen LogP contribution in [0.25, 0.3) is 0 Å². The second kappa shape index (κ2) is 4.81. The molecule has 1 N–H and O–H groups in total. The lowest BCUT2D eigenvalue weighted by atomic mass is 9.85. The molecule has 2 rings (SSSR count). The Morgan fingerprint density at radius 1 is 1.20 bits per heavy atom. The van der Waals surface area contributed by atoms with Gasteiger partial charge < -0.3 is 14.8 Å². The molecule has 0 aromatic heterocycles. The summed E-state index contributed by atoms with van der Waals surface area (Å²) < 4.78 is 11.1. The zero-order valence-electron chi connectivity index (χ0n) is 9.92. The molecule has 2 aliphatic heterocycles. The smallest absolute Gasteiger partial charge is 0.0692 e. The Hall–Kier alpha value is -0.120. The highest BCUT2D eigenvalue weighted by Crippen LogP contribution is 2.31. The van der Waals surface area contributed by atoms with Crippen LogP contribution in [0.3, 0.4) is 0 Å². The van der Waals surface area contributed by atoms with Crippen molar-refractivity contribution in [2.75, 3.05) is 19.8 Å². The molecule has 0 aliphatic carbocycles. The van der Waals surface area contributed by atoms with Crippen molar-refractivity contribution in [3.05, 3.63) is 0 Å². The summed E-state index contributed by atoms with van der Waals surface area (Å²) in [6.07, 6.45) is 4.57. The minimum absolute atomic E-state index is 0.139. The molecule has 0 saturated carbocycles. The normalized spacial score (nSPS) is 31.2. The molecule has 0 bridgehead atoms. The van der Waals surface area contributed by atoms with Gasteiger partial charge in [0.2, 0.25) is 0 Å². The minimum Gasteiger partial charge on any atom is -0.378 e. The van der Waals surface area contributed by atoms with Crippen LogP contribution < -0.4 is 5.32 Å². The second-order valence-corrected chi connectivity index (χ2v) is 4.83. The second-order valence-electron chi connectivity index (χ2n) is 4.83. The van der Waals surface area contributed by atoms with Gasteiger partial charge in [0.1, 0.15) is 0 Å². The van der Waals surface area contributed by atoms with E-state index in [1.54, 1.807) is 0 Å². The lowest BCUT2D eigenvalue weighted by Gasteiger charge is -2.42. The third-order valence-corrected chi connectivity index (χ3v) is 3.89. The highest BCUT2D eigenvalue weighted by Gasteiger charge is 2.35. The molecule has 2 fully saturated rings. The Morgan fingerprint density at radius 3 is 2.47 bits per heavy atom. The van der Waals surface area contributed by atoms with Crippen LogP contribution in [0.5, 0.6) is 0 Å². The molecule has 88 valence electrons. The first-order chi connectivity index (χ1) is 7.28. The van der Waals surface area contributed by atoms with E-state index in [0.29, 0.717) is 12.1 Å². The molecule has 0 radical (unpaired) electrons. The summed E-state index contributed by atoms with van der Waals surface area (Å²) in [6, 6.07) is 1.23. The molecular weight excluding hydrogens is 190 g/mol. The lowest BCUT2D eigenvalue weighted by molar-refractivity contribution is -0.101. The molecule has 2 aliphatic rings. The summed E-state index contributed by atoms with van der Waals surface area (Å²) in [5, 5.41) is 3.67. The number of rotatable bonds is 4. The molecule has 2 heterocycles. The van der Waals surface area contributed by atoms with Gasteiger partial charge in [0.25, 0.3) is 0 Å². The van der Waals surface area contributed by atoms with E-state index in [9.17, 15) is 0 Å². The van der Waals surface area contributed by atoms with E-state index in [2.05, 4.69) is 19.2 Å². The van der Waals surface area contributed by atoms with Crippen molar-refractivity contribution in [1.82, 2.24) is 5.32 Å². The maximum Gasteiger partial charge on any atom is 0.0692 e. The Labute approximate surface area is 92.5 Å². The monoisotopic (exact) mass is 213 g/mol. The van der Waals surface area contributed by atoms with Gasteiger partial charge in [-0.05, 0) is 25.7 Å². The van der Waals surface area contributed by atoms with Crippen LogP contribution >= 0.6 is 0 Å². The van der Waals surface area contributed by atoms with Crippen LogP contribution in [0.1, 0.15) is 39.5 Å². The first kappa shape index (κ1) is 11.4. The largest absolute Gasteiger partial charge is 0.378 e. The third kappa shape index (κ3) is 2.52. The molecule has 0 aromatic rings. The van der Waals surface area contributed by atoms with Gasteiger partial charge in [0.05, 0.1) is 24.9 Å². The molecule has 2 saturated heterocycles. The number of nitrogens with one attached hydrogen (secondary N) is 1. The standard InChI is InChI=1S/C12H23NO2/c1-3-12(4-2)7-10(5-6-15-12)13-11-8-14-9-11/h10-11,13H,3-9H2,1-2H3. The van der Waals surface area contributed by atoms with Crippen molar-refractivity contribution >= 4 is 0 Å². The van der Waals surface area contributed by atoms with Crippen molar-refractivity contribution in [3.8, 4) is 0 Å². The van der Waals surface area contributed by atoms with Gasteiger partial charge in [-0.15, -0.1) is 0 Å². The third-order valence-electron chi connectivity index (χ3n) is 3.89. The molecule has 1 atom stereocenters. The van der Waals surface area contributed by atoms with E-state index in [1.807, 2.05) is 0 Å². The van der Waals surface area contributed by atoms with Gasteiger partial charge in [-0.25, -0.2) is 0 Å². The molecule has 0 aromatic carbocycles. The van der Waals surface area contributed by atoms with E-state index in [4.69, 9.17) is 9.47 Å². The van der Waals surface area contributed by atoms with Gasteiger partial charge in [0, 0.05) is 12.6 Å². The number of hydrogen-bond donors (Lipinski definition) is 1. The molecule has 3 nitrogen and oxygen atoms in total. The fourth-order valence-electron chi connectivity index (χ4n) is 2.58. The maximum atomic E-state index is 5.96. The summed E-state index contributed by atoms with van der Waals surface area (Å²) >= 11 is 0. The highest BCUT2D eigenvalue weighted by atomic mass is 16.5. The van der Waals surface area contributed by atoms with E-state index in [1.165, 1.54) is 0 Å². The lowest BCUT2D eigenvalue weighted by Crippen LogP contribution is -2.54. The Morgan fingerprint density at radius 2 is 1.93 bits per heavy atom. The van der Waals surface area contributed by atoms with Crippen molar-refractivity contribution in [3.63, 3.8) is 0 Å². The predicted molar refractivity (Wildman–Crippen MR) is 60.0 cm³/mol.